The summed E-state index contributed by atoms with van der Waals surface area (Å²) >= 11 is 0. The monoisotopic (exact) mass is 264 g/mol. The van der Waals surface area contributed by atoms with E-state index in [1.807, 2.05) is 18.2 Å². The fraction of sp³-hybridized carbons (Fsp3) is 0. The van der Waals surface area contributed by atoms with Crippen molar-refractivity contribution in [2.45, 2.75) is 0 Å². The summed E-state index contributed by atoms with van der Waals surface area (Å²) < 4.78 is 0. The first-order valence-corrected chi connectivity index (χ1v) is 7.55. The van der Waals surface area contributed by atoms with Crippen LogP contribution in [-0.2, 0) is 0 Å². The van der Waals surface area contributed by atoms with Crippen LogP contribution in [-0.4, -0.2) is 0 Å². The molecular formula is C18H17P. The van der Waals surface area contributed by atoms with Crippen molar-refractivity contribution in [1.29, 1.82) is 0 Å². The molecule has 19 heavy (non-hydrogen) atoms. The lowest BCUT2D eigenvalue weighted by molar-refractivity contribution is 1.74. The molecule has 2 aromatic carbocycles. The van der Waals surface area contributed by atoms with Gasteiger partial charge in [-0.05, 0) is 23.8 Å². The average molecular weight is 264 g/mol. The predicted molar refractivity (Wildman–Crippen MR) is 87.5 cm³/mol. The van der Waals surface area contributed by atoms with Crippen LogP contribution in [0.3, 0.4) is 0 Å². The van der Waals surface area contributed by atoms with E-state index in [4.69, 9.17) is 0 Å². The van der Waals surface area contributed by atoms with Gasteiger partial charge in [-0.1, -0.05) is 92.0 Å². The summed E-state index contributed by atoms with van der Waals surface area (Å²) in [5.74, 6) is 0. The molecule has 0 aliphatic carbocycles. The van der Waals surface area contributed by atoms with E-state index < -0.39 is 7.92 Å². The lowest BCUT2D eigenvalue weighted by Crippen LogP contribution is -2.11. The van der Waals surface area contributed by atoms with Crippen LogP contribution in [0.4, 0.5) is 0 Å². The third-order valence-electron chi connectivity index (χ3n) is 2.74. The number of allylic oxidation sites excluding steroid dienone is 4. The maximum atomic E-state index is 4.24. The summed E-state index contributed by atoms with van der Waals surface area (Å²) in [5, 5.41) is 3.78. The molecule has 0 atom stereocenters. The van der Waals surface area contributed by atoms with Gasteiger partial charge in [0.1, 0.15) is 0 Å². The van der Waals surface area contributed by atoms with E-state index in [1.165, 1.54) is 10.6 Å². The molecule has 0 spiro atoms. The molecule has 0 aliphatic heterocycles. The van der Waals surface area contributed by atoms with Gasteiger partial charge in [0.25, 0.3) is 0 Å². The van der Waals surface area contributed by atoms with Crippen LogP contribution in [0.2, 0.25) is 0 Å². The summed E-state index contributed by atoms with van der Waals surface area (Å²) in [7, 11) is -0.553. The molecule has 0 saturated heterocycles. The largest absolute Gasteiger partial charge is 0.0991 e. The van der Waals surface area contributed by atoms with Crippen LogP contribution < -0.4 is 10.6 Å². The summed E-state index contributed by atoms with van der Waals surface area (Å²) in [6, 6.07) is 21.1. The first kappa shape index (κ1) is 13.5. The van der Waals surface area contributed by atoms with Crippen molar-refractivity contribution in [2.24, 2.45) is 0 Å². The highest BCUT2D eigenvalue weighted by atomic mass is 31.1. The topological polar surface area (TPSA) is 0 Å². The van der Waals surface area contributed by atoms with Crippen molar-refractivity contribution < 1.29 is 0 Å². The fourth-order valence-electron chi connectivity index (χ4n) is 1.89. The van der Waals surface area contributed by atoms with Crippen LogP contribution in [0, 0.1) is 0 Å². The molecule has 0 unspecified atom stereocenters. The van der Waals surface area contributed by atoms with Gasteiger partial charge in [-0.2, -0.15) is 0 Å². The number of hydrogen-bond donors (Lipinski definition) is 0. The Labute approximate surface area is 116 Å². The van der Waals surface area contributed by atoms with Crippen LogP contribution in [0.1, 0.15) is 0 Å². The van der Waals surface area contributed by atoms with Gasteiger partial charge < -0.3 is 0 Å². The minimum atomic E-state index is -0.553. The van der Waals surface area contributed by atoms with E-state index >= 15 is 0 Å². The first-order chi connectivity index (χ1) is 9.33. The summed E-state index contributed by atoms with van der Waals surface area (Å²) in [6.07, 6.45) is 5.79. The summed E-state index contributed by atoms with van der Waals surface area (Å²) in [6.45, 7) is 7.96. The SMILES string of the molecule is C=C/C=C\C(=C)P(c1ccccc1)c1ccccc1. The Hall–Kier alpha value is -1.91. The number of rotatable bonds is 5. The molecule has 0 N–H and O–H groups in total. The second-order valence-electron chi connectivity index (χ2n) is 4.09. The van der Waals surface area contributed by atoms with E-state index in [1.54, 1.807) is 6.08 Å². The molecule has 0 fully saturated rings. The van der Waals surface area contributed by atoms with Gasteiger partial charge in [0.2, 0.25) is 0 Å². The van der Waals surface area contributed by atoms with Crippen molar-refractivity contribution >= 4 is 18.5 Å². The number of benzene rings is 2. The van der Waals surface area contributed by atoms with Gasteiger partial charge in [-0.3, -0.25) is 0 Å². The average Bonchev–Trinajstić information content (AvgIpc) is 2.47. The van der Waals surface area contributed by atoms with Crippen LogP contribution >= 0.6 is 7.92 Å². The highest BCUT2D eigenvalue weighted by Crippen LogP contribution is 2.42. The van der Waals surface area contributed by atoms with Gasteiger partial charge in [0.05, 0.1) is 0 Å². The smallest absolute Gasteiger partial charge is 0.0140 e. The minimum Gasteiger partial charge on any atom is -0.0991 e. The second kappa shape index (κ2) is 6.87. The lowest BCUT2D eigenvalue weighted by atomic mass is 10.4. The molecule has 0 radical (unpaired) electrons. The molecule has 0 heterocycles. The minimum absolute atomic E-state index is 0.553. The molecule has 0 bridgehead atoms. The zero-order chi connectivity index (χ0) is 13.5. The van der Waals surface area contributed by atoms with E-state index in [9.17, 15) is 0 Å². The molecule has 0 aliphatic rings. The number of hydrogen-bond acceptors (Lipinski definition) is 0. The molecule has 0 amide bonds. The van der Waals surface area contributed by atoms with Gasteiger partial charge >= 0.3 is 0 Å². The Morgan fingerprint density at radius 1 is 0.842 bits per heavy atom. The summed E-state index contributed by atoms with van der Waals surface area (Å²) in [5.41, 5.74) is 0. The Kier molecular flexibility index (Phi) is 4.89. The highest BCUT2D eigenvalue weighted by Gasteiger charge is 2.14. The zero-order valence-electron chi connectivity index (χ0n) is 10.9. The lowest BCUT2D eigenvalue weighted by Gasteiger charge is -2.19. The highest BCUT2D eigenvalue weighted by molar-refractivity contribution is 7.77. The van der Waals surface area contributed by atoms with E-state index in [0.717, 1.165) is 5.31 Å². The van der Waals surface area contributed by atoms with Crippen molar-refractivity contribution in [3.63, 3.8) is 0 Å². The van der Waals surface area contributed by atoms with Crippen molar-refractivity contribution in [3.05, 3.63) is 97.4 Å². The first-order valence-electron chi connectivity index (χ1n) is 6.21. The molecule has 2 aromatic rings. The van der Waals surface area contributed by atoms with Crippen molar-refractivity contribution in [3.8, 4) is 0 Å². The molecule has 0 nitrogen and oxygen atoms in total. The van der Waals surface area contributed by atoms with Crippen LogP contribution in [0.15, 0.2) is 97.4 Å². The quantitative estimate of drug-likeness (QED) is 0.555. The van der Waals surface area contributed by atoms with Gasteiger partial charge in [-0.25, -0.2) is 0 Å². The fourth-order valence-corrected chi connectivity index (χ4v) is 4.03. The van der Waals surface area contributed by atoms with Gasteiger partial charge in [0.15, 0.2) is 0 Å². The van der Waals surface area contributed by atoms with Crippen LogP contribution in [0.25, 0.3) is 0 Å². The Morgan fingerprint density at radius 3 is 1.74 bits per heavy atom. The molecule has 0 aromatic heterocycles. The molecule has 1 heteroatoms. The molecule has 2 rings (SSSR count). The van der Waals surface area contributed by atoms with Crippen LogP contribution in [0.5, 0.6) is 0 Å². The van der Waals surface area contributed by atoms with E-state index in [2.05, 4.69) is 67.8 Å². The van der Waals surface area contributed by atoms with E-state index in [0.29, 0.717) is 0 Å². The van der Waals surface area contributed by atoms with E-state index in [-0.39, 0.29) is 0 Å². The van der Waals surface area contributed by atoms with Gasteiger partial charge in [-0.15, -0.1) is 0 Å². The predicted octanol–water partition coefficient (Wildman–Crippen LogP) is 4.38. The van der Waals surface area contributed by atoms with Crippen molar-refractivity contribution in [2.75, 3.05) is 0 Å². The molecule has 94 valence electrons. The van der Waals surface area contributed by atoms with Crippen molar-refractivity contribution in [1.82, 2.24) is 0 Å². The Bertz CT molecular complexity index is 528. The second-order valence-corrected chi connectivity index (χ2v) is 6.37. The Balaban J connectivity index is 2.42. The Morgan fingerprint density at radius 2 is 1.32 bits per heavy atom. The van der Waals surface area contributed by atoms with Gasteiger partial charge in [0, 0.05) is 0 Å². The molecular weight excluding hydrogens is 247 g/mol. The third-order valence-corrected chi connectivity index (χ3v) is 5.09. The maximum absolute atomic E-state index is 4.24. The zero-order valence-corrected chi connectivity index (χ0v) is 11.8. The summed E-state index contributed by atoms with van der Waals surface area (Å²) in [4.78, 5) is 0. The molecule has 0 saturated carbocycles. The standard InChI is InChI=1S/C18H17P/c1-3-4-11-16(2)19(17-12-7-5-8-13-17)18-14-9-6-10-15-18/h3-15H,1-2H2/b11-4-. The maximum Gasteiger partial charge on any atom is -0.0140 e. The normalized spacial score (nSPS) is 10.8. The third kappa shape index (κ3) is 3.53.